The molecule has 1 N–H and O–H groups in total. The molecule has 7 heteroatoms. The van der Waals surface area contributed by atoms with Gasteiger partial charge in [0.2, 0.25) is 10.0 Å². The molecule has 0 unspecified atom stereocenters. The second-order valence-corrected chi connectivity index (χ2v) is 7.12. The first kappa shape index (κ1) is 17.0. The summed E-state index contributed by atoms with van der Waals surface area (Å²) in [6.45, 7) is 0. The Hall–Kier alpha value is -2.38. The fraction of sp³-hybridized carbons (Fsp3) is 0.188. The Morgan fingerprint density at radius 3 is 2.30 bits per heavy atom. The number of anilines is 1. The molecule has 2 aromatic carbocycles. The number of methoxy groups -OCH3 is 1. The number of sulfonamides is 1. The van der Waals surface area contributed by atoms with Crippen molar-refractivity contribution in [3.05, 3.63) is 54.1 Å². The summed E-state index contributed by atoms with van der Waals surface area (Å²) in [5.74, 6) is -0.139. The summed E-state index contributed by atoms with van der Waals surface area (Å²) in [6.07, 6.45) is 0. The fourth-order valence-electron chi connectivity index (χ4n) is 1.96. The molecule has 0 heterocycles. The zero-order chi connectivity index (χ0) is 17.0. The molecular weight excluding hydrogens is 316 g/mol. The highest BCUT2D eigenvalue weighted by molar-refractivity contribution is 7.89. The third-order valence-electron chi connectivity index (χ3n) is 3.23. The Labute approximate surface area is 135 Å². The standard InChI is InChI=1S/C16H18N2O4S/c1-18(2)23(20,21)13-9-10-15(22-3)14(11-13)16(19)17-12-7-5-4-6-8-12/h4-11H,1-3H3,(H,17,19). The van der Waals surface area contributed by atoms with Gasteiger partial charge in [0.05, 0.1) is 17.6 Å². The van der Waals surface area contributed by atoms with E-state index in [9.17, 15) is 13.2 Å². The third kappa shape index (κ3) is 3.69. The topological polar surface area (TPSA) is 75.7 Å². The average Bonchev–Trinajstić information content (AvgIpc) is 2.54. The van der Waals surface area contributed by atoms with E-state index in [2.05, 4.69) is 5.32 Å². The summed E-state index contributed by atoms with van der Waals surface area (Å²) in [7, 11) is 0.660. The van der Waals surface area contributed by atoms with Crippen LogP contribution in [0.1, 0.15) is 10.4 Å². The highest BCUT2D eigenvalue weighted by Gasteiger charge is 2.21. The zero-order valence-electron chi connectivity index (χ0n) is 13.1. The highest BCUT2D eigenvalue weighted by Crippen LogP contribution is 2.24. The van der Waals surface area contributed by atoms with Crippen molar-refractivity contribution in [3.63, 3.8) is 0 Å². The second kappa shape index (κ2) is 6.80. The maximum absolute atomic E-state index is 12.4. The minimum atomic E-state index is -3.63. The van der Waals surface area contributed by atoms with Crippen LogP contribution in [0.4, 0.5) is 5.69 Å². The molecule has 0 fully saturated rings. The van der Waals surface area contributed by atoms with E-state index in [-0.39, 0.29) is 10.5 Å². The van der Waals surface area contributed by atoms with Crippen molar-refractivity contribution < 1.29 is 17.9 Å². The van der Waals surface area contributed by atoms with Crippen molar-refractivity contribution in [1.29, 1.82) is 0 Å². The summed E-state index contributed by atoms with van der Waals surface area (Å²) >= 11 is 0. The monoisotopic (exact) mass is 334 g/mol. The van der Waals surface area contributed by atoms with Crippen molar-refractivity contribution in [1.82, 2.24) is 4.31 Å². The second-order valence-electron chi connectivity index (χ2n) is 4.97. The first-order valence-corrected chi connectivity index (χ1v) is 8.27. The van der Waals surface area contributed by atoms with Gasteiger partial charge < -0.3 is 10.1 Å². The van der Waals surface area contributed by atoms with E-state index < -0.39 is 15.9 Å². The van der Waals surface area contributed by atoms with E-state index in [0.29, 0.717) is 11.4 Å². The van der Waals surface area contributed by atoms with Gasteiger partial charge in [-0.25, -0.2) is 12.7 Å². The summed E-state index contributed by atoms with van der Waals surface area (Å²) < 4.78 is 30.7. The number of carbonyl (C=O) groups excluding carboxylic acids is 1. The van der Waals surface area contributed by atoms with Gasteiger partial charge in [0, 0.05) is 19.8 Å². The molecule has 2 aromatic rings. The number of benzene rings is 2. The molecule has 23 heavy (non-hydrogen) atoms. The Morgan fingerprint density at radius 1 is 1.09 bits per heavy atom. The molecule has 0 spiro atoms. The number of rotatable bonds is 5. The van der Waals surface area contributed by atoms with Gasteiger partial charge in [0.25, 0.3) is 5.91 Å². The van der Waals surface area contributed by atoms with Crippen LogP contribution in [0.15, 0.2) is 53.4 Å². The average molecular weight is 334 g/mol. The highest BCUT2D eigenvalue weighted by atomic mass is 32.2. The van der Waals surface area contributed by atoms with Crippen molar-refractivity contribution in [2.75, 3.05) is 26.5 Å². The first-order chi connectivity index (χ1) is 10.9. The van der Waals surface area contributed by atoms with Gasteiger partial charge in [-0.1, -0.05) is 18.2 Å². The number of nitrogens with one attached hydrogen (secondary N) is 1. The maximum Gasteiger partial charge on any atom is 0.259 e. The van der Waals surface area contributed by atoms with Crippen LogP contribution < -0.4 is 10.1 Å². The Bertz CT molecular complexity index is 802. The van der Waals surface area contributed by atoms with Crippen LogP contribution in [0.25, 0.3) is 0 Å². The van der Waals surface area contributed by atoms with Crippen LogP contribution in [0.5, 0.6) is 5.75 Å². The van der Waals surface area contributed by atoms with Crippen LogP contribution in [-0.2, 0) is 10.0 Å². The minimum Gasteiger partial charge on any atom is -0.496 e. The molecule has 6 nitrogen and oxygen atoms in total. The van der Waals surface area contributed by atoms with Gasteiger partial charge >= 0.3 is 0 Å². The zero-order valence-corrected chi connectivity index (χ0v) is 13.9. The van der Waals surface area contributed by atoms with Crippen molar-refractivity contribution in [2.45, 2.75) is 4.90 Å². The number of nitrogens with zero attached hydrogens (tertiary/aromatic N) is 1. The van der Waals surface area contributed by atoms with E-state index >= 15 is 0 Å². The predicted octanol–water partition coefficient (Wildman–Crippen LogP) is 2.20. The quantitative estimate of drug-likeness (QED) is 0.909. The molecule has 0 saturated carbocycles. The molecule has 2 rings (SSSR count). The molecule has 0 saturated heterocycles. The van der Waals surface area contributed by atoms with Crippen molar-refractivity contribution in [3.8, 4) is 5.75 Å². The number of para-hydroxylation sites is 1. The van der Waals surface area contributed by atoms with E-state index in [4.69, 9.17) is 4.74 Å². The summed E-state index contributed by atoms with van der Waals surface area (Å²) in [6, 6.07) is 13.1. The molecular formula is C16H18N2O4S. The van der Waals surface area contributed by atoms with Gasteiger partial charge in [-0.3, -0.25) is 4.79 Å². The van der Waals surface area contributed by atoms with Crippen molar-refractivity contribution in [2.24, 2.45) is 0 Å². The SMILES string of the molecule is COc1ccc(S(=O)(=O)N(C)C)cc1C(=O)Nc1ccccc1. The van der Waals surface area contributed by atoms with Crippen LogP contribution in [0.2, 0.25) is 0 Å². The molecule has 0 aliphatic carbocycles. The van der Waals surface area contributed by atoms with Crippen molar-refractivity contribution >= 4 is 21.6 Å². The van der Waals surface area contributed by atoms with Gasteiger partial charge in [-0.05, 0) is 30.3 Å². The first-order valence-electron chi connectivity index (χ1n) is 6.83. The van der Waals surface area contributed by atoms with E-state index in [1.165, 1.54) is 39.4 Å². The lowest BCUT2D eigenvalue weighted by Crippen LogP contribution is -2.23. The van der Waals surface area contributed by atoms with Crippen LogP contribution in [0.3, 0.4) is 0 Å². The van der Waals surface area contributed by atoms with E-state index in [0.717, 1.165) is 4.31 Å². The molecule has 0 aromatic heterocycles. The lowest BCUT2D eigenvalue weighted by Gasteiger charge is -2.14. The smallest absolute Gasteiger partial charge is 0.259 e. The summed E-state index contributed by atoms with van der Waals surface area (Å²) in [4.78, 5) is 12.5. The molecule has 0 radical (unpaired) electrons. The molecule has 0 aliphatic rings. The lowest BCUT2D eigenvalue weighted by atomic mass is 10.2. The number of carbonyl (C=O) groups is 1. The molecule has 0 bridgehead atoms. The molecule has 1 amide bonds. The number of amides is 1. The molecule has 0 atom stereocenters. The van der Waals surface area contributed by atoms with Gasteiger partial charge in [0.1, 0.15) is 5.75 Å². The van der Waals surface area contributed by atoms with E-state index in [1.807, 2.05) is 6.07 Å². The molecule has 0 aliphatic heterocycles. The Balaban J connectivity index is 2.42. The van der Waals surface area contributed by atoms with Gasteiger partial charge in [0.15, 0.2) is 0 Å². The third-order valence-corrected chi connectivity index (χ3v) is 5.04. The predicted molar refractivity (Wildman–Crippen MR) is 88.3 cm³/mol. The number of ether oxygens (including phenoxy) is 1. The largest absolute Gasteiger partial charge is 0.496 e. The number of hydrogen-bond acceptors (Lipinski definition) is 4. The minimum absolute atomic E-state index is 0.0292. The Morgan fingerprint density at radius 2 is 1.74 bits per heavy atom. The Kier molecular flexibility index (Phi) is 5.02. The summed E-state index contributed by atoms with van der Waals surface area (Å²) in [5, 5.41) is 2.71. The van der Waals surface area contributed by atoms with Crippen LogP contribution in [0, 0.1) is 0 Å². The van der Waals surface area contributed by atoms with Crippen LogP contribution >= 0.6 is 0 Å². The lowest BCUT2D eigenvalue weighted by molar-refractivity contribution is 0.102. The maximum atomic E-state index is 12.4. The normalized spacial score (nSPS) is 11.3. The van der Waals surface area contributed by atoms with Gasteiger partial charge in [-0.2, -0.15) is 0 Å². The van der Waals surface area contributed by atoms with E-state index in [1.54, 1.807) is 24.3 Å². The number of hydrogen-bond donors (Lipinski definition) is 1. The van der Waals surface area contributed by atoms with Gasteiger partial charge in [-0.15, -0.1) is 0 Å². The molecule has 122 valence electrons. The van der Waals surface area contributed by atoms with Crippen LogP contribution in [-0.4, -0.2) is 39.8 Å². The summed E-state index contributed by atoms with van der Waals surface area (Å²) in [5.41, 5.74) is 0.764. The fourth-order valence-corrected chi connectivity index (χ4v) is 2.88.